The lowest BCUT2D eigenvalue weighted by Crippen LogP contribution is -2.51. The van der Waals surface area contributed by atoms with Crippen LogP contribution >= 0.6 is 0 Å². The quantitative estimate of drug-likeness (QED) is 0.679. The van der Waals surface area contributed by atoms with E-state index in [9.17, 15) is 14.4 Å². The van der Waals surface area contributed by atoms with Crippen LogP contribution in [0, 0.1) is 0 Å². The van der Waals surface area contributed by atoms with E-state index in [1.54, 1.807) is 39.5 Å². The molecule has 8 heteroatoms. The van der Waals surface area contributed by atoms with Crippen LogP contribution in [0.4, 0.5) is 10.5 Å². The van der Waals surface area contributed by atoms with Crippen molar-refractivity contribution < 1.29 is 23.9 Å². The summed E-state index contributed by atoms with van der Waals surface area (Å²) in [5.41, 5.74) is 0.866. The van der Waals surface area contributed by atoms with Crippen LogP contribution in [-0.2, 0) is 19.1 Å². The minimum atomic E-state index is -0.619. The lowest BCUT2D eigenvalue weighted by atomic mass is 10.0. The van der Waals surface area contributed by atoms with Gasteiger partial charge in [0, 0.05) is 5.69 Å². The summed E-state index contributed by atoms with van der Waals surface area (Å²) >= 11 is 0. The van der Waals surface area contributed by atoms with Gasteiger partial charge >= 0.3 is 18.0 Å². The molecule has 1 aliphatic rings. The molecule has 1 aromatic carbocycles. The van der Waals surface area contributed by atoms with Crippen LogP contribution in [0.3, 0.4) is 0 Å². The smallest absolute Gasteiger partial charge is 0.337 e. The molecule has 0 aliphatic carbocycles. The van der Waals surface area contributed by atoms with Crippen molar-refractivity contribution in [2.24, 2.45) is 0 Å². The first-order chi connectivity index (χ1) is 13.6. The topological polar surface area (TPSA) is 97.0 Å². The molecule has 2 rings (SSSR count). The molecule has 0 saturated carbocycles. The number of carbonyl (C=O) groups excluding carboxylic acids is 3. The molecule has 0 saturated heterocycles. The molecule has 1 atom stereocenters. The van der Waals surface area contributed by atoms with E-state index in [0.29, 0.717) is 11.3 Å². The van der Waals surface area contributed by atoms with Crippen LogP contribution in [0.25, 0.3) is 0 Å². The highest BCUT2D eigenvalue weighted by molar-refractivity contribution is 5.95. The van der Waals surface area contributed by atoms with Crippen LogP contribution in [-0.4, -0.2) is 49.3 Å². The molecule has 1 heterocycles. The summed E-state index contributed by atoms with van der Waals surface area (Å²) in [5, 5.41) is 5.36. The average molecular weight is 403 g/mol. The first kappa shape index (κ1) is 22.3. The molecule has 0 bridgehead atoms. The van der Waals surface area contributed by atoms with Gasteiger partial charge < -0.3 is 25.0 Å². The summed E-state index contributed by atoms with van der Waals surface area (Å²) in [6.45, 7) is 9.14. The second kappa shape index (κ2) is 9.45. The van der Waals surface area contributed by atoms with E-state index in [1.807, 2.05) is 30.3 Å². The molecule has 0 aromatic heterocycles. The van der Waals surface area contributed by atoms with Crippen LogP contribution in [0.15, 0.2) is 41.6 Å². The first-order valence-corrected chi connectivity index (χ1v) is 9.60. The number of anilines is 1. The van der Waals surface area contributed by atoms with E-state index in [-0.39, 0.29) is 19.7 Å². The van der Waals surface area contributed by atoms with Crippen molar-refractivity contribution in [3.63, 3.8) is 0 Å². The molecule has 1 aliphatic heterocycles. The summed E-state index contributed by atoms with van der Waals surface area (Å²) in [6, 6.07) is 8.33. The van der Waals surface area contributed by atoms with Crippen LogP contribution in [0.2, 0.25) is 0 Å². The fraction of sp³-hybridized carbons (Fsp3) is 0.476. The Bertz CT molecular complexity index is 783. The third-order valence-corrected chi connectivity index (χ3v) is 4.08. The molecule has 2 N–H and O–H groups in total. The number of benzene rings is 1. The van der Waals surface area contributed by atoms with E-state index in [4.69, 9.17) is 9.47 Å². The van der Waals surface area contributed by atoms with E-state index in [1.165, 1.54) is 0 Å². The second-order valence-electron chi connectivity index (χ2n) is 7.71. The maximum Gasteiger partial charge on any atom is 0.337 e. The molecule has 29 heavy (non-hydrogen) atoms. The molecule has 2 amide bonds. The number of esters is 2. The van der Waals surface area contributed by atoms with Crippen molar-refractivity contribution in [1.29, 1.82) is 0 Å². The Labute approximate surface area is 171 Å². The molecule has 1 aromatic rings. The summed E-state index contributed by atoms with van der Waals surface area (Å²) in [6.07, 6.45) is 0. The van der Waals surface area contributed by atoms with Crippen molar-refractivity contribution in [1.82, 2.24) is 10.6 Å². The molecule has 158 valence electrons. The number of urea groups is 1. The zero-order chi connectivity index (χ0) is 21.6. The molecule has 0 fully saturated rings. The zero-order valence-electron chi connectivity index (χ0n) is 17.6. The number of para-hydroxylation sites is 1. The number of rotatable bonds is 7. The highest BCUT2D eigenvalue weighted by atomic mass is 16.6. The van der Waals surface area contributed by atoms with Crippen molar-refractivity contribution in [3.05, 3.63) is 41.6 Å². The molecule has 0 radical (unpaired) electrons. The number of hydrogen-bond acceptors (Lipinski definition) is 6. The maximum atomic E-state index is 12.5. The number of hydrogen-bond donors (Lipinski definition) is 2. The second-order valence-corrected chi connectivity index (χ2v) is 7.71. The van der Waals surface area contributed by atoms with Gasteiger partial charge in [-0.1, -0.05) is 18.2 Å². The largest absolute Gasteiger partial charge is 0.463 e. The van der Waals surface area contributed by atoms with Crippen molar-refractivity contribution in [2.45, 2.75) is 46.3 Å². The van der Waals surface area contributed by atoms with Gasteiger partial charge in [-0.05, 0) is 46.8 Å². The summed E-state index contributed by atoms with van der Waals surface area (Å²) < 4.78 is 10.6. The molecule has 8 nitrogen and oxygen atoms in total. The minimum Gasteiger partial charge on any atom is -0.463 e. The standard InChI is InChI=1S/C21H29N3O5/c1-6-28-19(26)18-14(2)22-20(27)23-16(18)12-24(15-10-8-7-9-11-15)13-17(25)29-21(3,4)5/h7-11,14H,6,12-13H2,1-5H3,(H2,22,23,27)/t14-/m1/s1. The fourth-order valence-electron chi connectivity index (χ4n) is 3.00. The summed E-state index contributed by atoms with van der Waals surface area (Å²) in [5.74, 6) is -0.916. The Balaban J connectivity index is 2.36. The predicted molar refractivity (Wildman–Crippen MR) is 109 cm³/mol. The third kappa shape index (κ3) is 6.51. The Morgan fingerprint density at radius 1 is 1.17 bits per heavy atom. The van der Waals surface area contributed by atoms with Gasteiger partial charge in [0.1, 0.15) is 12.1 Å². The summed E-state index contributed by atoms with van der Waals surface area (Å²) in [4.78, 5) is 38.7. The van der Waals surface area contributed by atoms with Gasteiger partial charge in [0.05, 0.1) is 30.5 Å². The first-order valence-electron chi connectivity index (χ1n) is 9.60. The number of carbonyl (C=O) groups is 3. The SMILES string of the molecule is CCOC(=O)C1=C(CN(CC(=O)OC(C)(C)C)c2ccccc2)NC(=O)N[C@@H]1C. The normalized spacial score (nSPS) is 16.6. The number of nitrogens with zero attached hydrogens (tertiary/aromatic N) is 1. The Hall–Kier alpha value is -3.03. The number of nitrogens with one attached hydrogen (secondary N) is 2. The van der Waals surface area contributed by atoms with Gasteiger partial charge in [0.2, 0.25) is 0 Å². The molecular weight excluding hydrogens is 374 g/mol. The molecule has 0 spiro atoms. The fourth-order valence-corrected chi connectivity index (χ4v) is 3.00. The van der Waals surface area contributed by atoms with Crippen LogP contribution in [0.1, 0.15) is 34.6 Å². The van der Waals surface area contributed by atoms with Gasteiger partial charge in [0.25, 0.3) is 0 Å². The lowest BCUT2D eigenvalue weighted by Gasteiger charge is -2.31. The minimum absolute atomic E-state index is 0.0431. The van der Waals surface area contributed by atoms with E-state index in [2.05, 4.69) is 10.6 Å². The van der Waals surface area contributed by atoms with Crippen LogP contribution < -0.4 is 15.5 Å². The van der Waals surface area contributed by atoms with Gasteiger partial charge in [-0.25, -0.2) is 9.59 Å². The number of ether oxygens (including phenoxy) is 2. The van der Waals surface area contributed by atoms with Gasteiger partial charge in [-0.15, -0.1) is 0 Å². The number of amides is 2. The monoisotopic (exact) mass is 403 g/mol. The maximum absolute atomic E-state index is 12.5. The van der Waals surface area contributed by atoms with Crippen molar-refractivity contribution >= 4 is 23.7 Å². The summed E-state index contributed by atoms with van der Waals surface area (Å²) in [7, 11) is 0. The van der Waals surface area contributed by atoms with Gasteiger partial charge in [0.15, 0.2) is 0 Å². The molecule has 0 unspecified atom stereocenters. The average Bonchev–Trinajstić information content (AvgIpc) is 2.60. The molecular formula is C21H29N3O5. The highest BCUT2D eigenvalue weighted by Gasteiger charge is 2.31. The van der Waals surface area contributed by atoms with Gasteiger partial charge in [-0.3, -0.25) is 4.79 Å². The lowest BCUT2D eigenvalue weighted by molar-refractivity contribution is -0.153. The van der Waals surface area contributed by atoms with Crippen molar-refractivity contribution in [2.75, 3.05) is 24.6 Å². The highest BCUT2D eigenvalue weighted by Crippen LogP contribution is 2.20. The van der Waals surface area contributed by atoms with E-state index in [0.717, 1.165) is 5.69 Å². The zero-order valence-corrected chi connectivity index (χ0v) is 17.6. The Morgan fingerprint density at radius 2 is 1.83 bits per heavy atom. The Morgan fingerprint density at radius 3 is 2.41 bits per heavy atom. The van der Waals surface area contributed by atoms with E-state index >= 15 is 0 Å². The Kier molecular flexibility index (Phi) is 7.25. The van der Waals surface area contributed by atoms with Gasteiger partial charge in [-0.2, -0.15) is 0 Å². The third-order valence-electron chi connectivity index (χ3n) is 4.08. The van der Waals surface area contributed by atoms with Crippen LogP contribution in [0.5, 0.6) is 0 Å². The van der Waals surface area contributed by atoms with E-state index < -0.39 is 29.6 Å². The van der Waals surface area contributed by atoms with Crippen molar-refractivity contribution in [3.8, 4) is 0 Å². The predicted octanol–water partition coefficient (Wildman–Crippen LogP) is 2.35.